The fourth-order valence-electron chi connectivity index (χ4n) is 6.04. The van der Waals surface area contributed by atoms with Crippen LogP contribution in [0, 0.1) is 13.8 Å². The number of carbonyl (C=O) groups is 2. The Balaban J connectivity index is 1.49. The van der Waals surface area contributed by atoms with Gasteiger partial charge in [-0.05, 0) is 85.3 Å². The van der Waals surface area contributed by atoms with Crippen LogP contribution in [0.25, 0.3) is 11.1 Å². The minimum absolute atomic E-state index is 0.0496. The van der Waals surface area contributed by atoms with E-state index in [2.05, 4.69) is 10.6 Å². The van der Waals surface area contributed by atoms with Crippen LogP contribution in [0.5, 0.6) is 23.0 Å². The summed E-state index contributed by atoms with van der Waals surface area (Å²) in [7, 11) is 2.92. The molecule has 0 bridgehead atoms. The fourth-order valence-corrected chi connectivity index (χ4v) is 6.28. The van der Waals surface area contributed by atoms with Crippen molar-refractivity contribution in [1.29, 1.82) is 0 Å². The predicted molar refractivity (Wildman–Crippen MR) is 203 cm³/mol. The van der Waals surface area contributed by atoms with E-state index in [-0.39, 0.29) is 49.7 Å². The van der Waals surface area contributed by atoms with Crippen molar-refractivity contribution in [3.63, 3.8) is 0 Å². The summed E-state index contributed by atoms with van der Waals surface area (Å²) in [5, 5.41) is 24.2. The lowest BCUT2D eigenvalue weighted by Gasteiger charge is -2.20. The largest absolute Gasteiger partial charge is 0.496 e. The van der Waals surface area contributed by atoms with Gasteiger partial charge in [0.25, 0.3) is 0 Å². The molecule has 14 heteroatoms. The molecule has 0 aromatic heterocycles. The van der Waals surface area contributed by atoms with Crippen molar-refractivity contribution in [1.82, 2.24) is 10.6 Å². The number of rotatable bonds is 21. The monoisotopic (exact) mass is 786 g/mol. The summed E-state index contributed by atoms with van der Waals surface area (Å²) in [6, 6.07) is 17.1. The molecule has 4 rings (SSSR count). The van der Waals surface area contributed by atoms with E-state index in [4.69, 9.17) is 40.8 Å². The number of benzene rings is 4. The van der Waals surface area contributed by atoms with Crippen molar-refractivity contribution < 1.29 is 51.9 Å². The highest BCUT2D eigenvalue weighted by Gasteiger charge is 2.36. The highest BCUT2D eigenvalue weighted by molar-refractivity contribution is 6.32. The van der Waals surface area contributed by atoms with Crippen LogP contribution in [-0.4, -0.2) is 49.5 Å². The summed E-state index contributed by atoms with van der Waals surface area (Å²) in [5.41, 5.74) is 5.33. The van der Waals surface area contributed by atoms with E-state index in [1.165, 1.54) is 13.2 Å². The highest BCUT2D eigenvalue weighted by atomic mass is 35.5. The minimum Gasteiger partial charge on any atom is -0.496 e. The lowest BCUT2D eigenvalue weighted by Crippen LogP contribution is -2.18. The van der Waals surface area contributed by atoms with Gasteiger partial charge in [-0.1, -0.05) is 48.0 Å². The average molecular weight is 787 g/mol. The Morgan fingerprint density at radius 1 is 0.673 bits per heavy atom. The normalized spacial score (nSPS) is 11.3. The van der Waals surface area contributed by atoms with E-state index in [0.29, 0.717) is 54.6 Å². The predicted octanol–water partition coefficient (Wildman–Crippen LogP) is 8.73. The molecular formula is C41H46ClF3N2O8. The van der Waals surface area contributed by atoms with Gasteiger partial charge in [-0.15, -0.1) is 0 Å². The van der Waals surface area contributed by atoms with E-state index in [0.717, 1.165) is 39.4 Å². The Bertz CT molecular complexity index is 1950. The molecular weight excluding hydrogens is 741 g/mol. The first-order chi connectivity index (χ1) is 26.2. The van der Waals surface area contributed by atoms with Gasteiger partial charge in [-0.3, -0.25) is 9.59 Å². The zero-order valence-corrected chi connectivity index (χ0v) is 32.0. The molecule has 0 aliphatic rings. The second-order valence-corrected chi connectivity index (χ2v) is 13.3. The zero-order chi connectivity index (χ0) is 40.1. The van der Waals surface area contributed by atoms with E-state index in [1.54, 1.807) is 19.2 Å². The molecule has 0 amide bonds. The maximum absolute atomic E-state index is 14.3. The van der Waals surface area contributed by atoms with Crippen LogP contribution < -0.4 is 29.6 Å². The van der Waals surface area contributed by atoms with Crippen LogP contribution >= 0.6 is 11.6 Å². The molecule has 10 nitrogen and oxygen atoms in total. The lowest BCUT2D eigenvalue weighted by atomic mass is 9.92. The van der Waals surface area contributed by atoms with Crippen molar-refractivity contribution in [2.24, 2.45) is 0 Å². The molecule has 0 saturated carbocycles. The third-order valence-electron chi connectivity index (χ3n) is 9.09. The first-order valence-corrected chi connectivity index (χ1v) is 18.0. The maximum atomic E-state index is 14.3. The summed E-state index contributed by atoms with van der Waals surface area (Å²) in [5.74, 6) is -0.933. The smallest absolute Gasteiger partial charge is 0.419 e. The maximum Gasteiger partial charge on any atom is 0.419 e. The van der Waals surface area contributed by atoms with Gasteiger partial charge in [-0.25, -0.2) is 0 Å². The van der Waals surface area contributed by atoms with E-state index >= 15 is 0 Å². The van der Waals surface area contributed by atoms with Gasteiger partial charge in [0.05, 0.1) is 24.8 Å². The molecule has 0 radical (unpaired) electrons. The molecule has 296 valence electrons. The fraction of sp³-hybridized carbons (Fsp3) is 0.366. The Kier molecular flexibility index (Phi) is 15.6. The molecule has 0 aliphatic carbocycles. The number of methoxy groups -OCH3 is 2. The number of carboxylic acids is 2. The van der Waals surface area contributed by atoms with Gasteiger partial charge in [0, 0.05) is 49.2 Å². The van der Waals surface area contributed by atoms with Crippen LogP contribution in [0.15, 0.2) is 60.7 Å². The van der Waals surface area contributed by atoms with Gasteiger partial charge >= 0.3 is 18.1 Å². The first-order valence-electron chi connectivity index (χ1n) is 17.7. The molecule has 0 saturated heterocycles. The van der Waals surface area contributed by atoms with Gasteiger partial charge in [0.1, 0.15) is 36.2 Å². The van der Waals surface area contributed by atoms with Crippen LogP contribution in [0.3, 0.4) is 0 Å². The van der Waals surface area contributed by atoms with Crippen molar-refractivity contribution in [3.05, 3.63) is 105 Å². The first kappa shape index (κ1) is 42.8. The molecule has 0 atom stereocenters. The van der Waals surface area contributed by atoms with Crippen molar-refractivity contribution >= 4 is 23.5 Å². The van der Waals surface area contributed by atoms with Crippen molar-refractivity contribution in [2.45, 2.75) is 72.0 Å². The highest BCUT2D eigenvalue weighted by Crippen LogP contribution is 2.41. The number of aliphatic carboxylic acids is 2. The van der Waals surface area contributed by atoms with Crippen LogP contribution in [0.1, 0.15) is 64.6 Å². The van der Waals surface area contributed by atoms with Gasteiger partial charge < -0.3 is 39.8 Å². The van der Waals surface area contributed by atoms with Crippen molar-refractivity contribution in [2.75, 3.05) is 27.3 Å². The van der Waals surface area contributed by atoms with Gasteiger partial charge in [0.15, 0.2) is 0 Å². The molecule has 0 unspecified atom stereocenters. The Hall–Kier alpha value is -4.98. The average Bonchev–Trinajstić information content (AvgIpc) is 3.13. The van der Waals surface area contributed by atoms with E-state index in [9.17, 15) is 22.8 Å². The second kappa shape index (κ2) is 20.1. The Morgan fingerprint density at radius 3 is 1.58 bits per heavy atom. The lowest BCUT2D eigenvalue weighted by molar-refractivity contribution is -0.139. The molecule has 4 aromatic carbocycles. The second-order valence-electron chi connectivity index (χ2n) is 12.9. The summed E-state index contributed by atoms with van der Waals surface area (Å²) in [4.78, 5) is 21.5. The van der Waals surface area contributed by atoms with Crippen LogP contribution in [-0.2, 0) is 42.1 Å². The number of halogens is 4. The number of alkyl halides is 3. The molecule has 0 spiro atoms. The number of ether oxygens (including phenoxy) is 4. The van der Waals surface area contributed by atoms with E-state index < -0.39 is 23.7 Å². The Morgan fingerprint density at radius 2 is 1.13 bits per heavy atom. The topological polar surface area (TPSA) is 136 Å². The summed E-state index contributed by atoms with van der Waals surface area (Å²) >= 11 is 6.60. The molecule has 55 heavy (non-hydrogen) atoms. The number of hydrogen-bond donors (Lipinski definition) is 4. The zero-order valence-electron chi connectivity index (χ0n) is 31.2. The minimum atomic E-state index is -4.70. The molecule has 0 heterocycles. The van der Waals surface area contributed by atoms with Crippen LogP contribution in [0.2, 0.25) is 5.02 Å². The molecule has 0 fully saturated rings. The van der Waals surface area contributed by atoms with E-state index in [1.807, 2.05) is 50.2 Å². The van der Waals surface area contributed by atoms with Gasteiger partial charge in [0.2, 0.25) is 0 Å². The summed E-state index contributed by atoms with van der Waals surface area (Å²) in [6.45, 7) is 5.28. The Labute approximate surface area is 323 Å². The number of nitrogens with one attached hydrogen (secondary N) is 2. The molecule has 0 aliphatic heterocycles. The van der Waals surface area contributed by atoms with Crippen LogP contribution in [0.4, 0.5) is 13.2 Å². The number of hydrogen-bond acceptors (Lipinski definition) is 8. The third kappa shape index (κ3) is 12.0. The summed E-state index contributed by atoms with van der Waals surface area (Å²) in [6.07, 6.45) is -3.84. The quantitative estimate of drug-likeness (QED) is 0.0608. The van der Waals surface area contributed by atoms with Gasteiger partial charge in [-0.2, -0.15) is 13.2 Å². The summed E-state index contributed by atoms with van der Waals surface area (Å²) < 4.78 is 65.8. The van der Waals surface area contributed by atoms with Crippen molar-refractivity contribution in [3.8, 4) is 34.1 Å². The molecule has 4 aromatic rings. The SMILES string of the molecule is COc1cc(OCc2cccc(-c3cccc(COc4cc(OC)c(CNCCCC(=O)O)cc4C(F)(F)F)c3C)c2C)c(Cl)cc1CNCCCC(=O)O. The number of carboxylic acid groups (broad SMARTS) is 2. The standard InChI is InChI=1S/C41H46ClF3N2O8/c1-25-27(23-54-37-19-35(52-3)29(17-33(37)41(43,44)45)21-46-15-7-13-39(48)49)9-5-11-31(25)32-12-6-10-28(26(32)2)24-55-38-20-36(53-4)30(18-34(38)42)22-47-16-8-14-40(50)51/h5-6,9-12,17-20,46-47H,7-8,13-16,21-24H2,1-4H3,(H,48,49)(H,50,51). The third-order valence-corrected chi connectivity index (χ3v) is 9.39. The molecule has 4 N–H and O–H groups in total.